The Bertz CT molecular complexity index is 672. The summed E-state index contributed by atoms with van der Waals surface area (Å²) in [6.07, 6.45) is 3.34. The lowest BCUT2D eigenvalue weighted by Gasteiger charge is -2.11. The normalized spacial score (nSPS) is 16.9. The fraction of sp³-hybridized carbons (Fsp3) is 0.385. The molecule has 0 radical (unpaired) electrons. The van der Waals surface area contributed by atoms with Crippen LogP contribution >= 0.6 is 0 Å². The minimum Gasteiger partial charge on any atom is -0.370 e. The van der Waals surface area contributed by atoms with E-state index in [4.69, 9.17) is 17.2 Å². The first-order valence-corrected chi connectivity index (χ1v) is 8.22. The van der Waals surface area contributed by atoms with Crippen LogP contribution in [0.15, 0.2) is 39.1 Å². The van der Waals surface area contributed by atoms with Gasteiger partial charge in [-0.3, -0.25) is 0 Å². The van der Waals surface area contributed by atoms with Crippen molar-refractivity contribution in [1.82, 2.24) is 0 Å². The molecule has 0 aromatic heterocycles. The Kier molecular flexibility index (Phi) is 4.46. The second-order valence-electron chi connectivity index (χ2n) is 4.96. The van der Waals surface area contributed by atoms with Crippen LogP contribution in [-0.2, 0) is 9.84 Å². The van der Waals surface area contributed by atoms with Gasteiger partial charge in [0.25, 0.3) is 0 Å². The third-order valence-electron chi connectivity index (χ3n) is 3.37. The van der Waals surface area contributed by atoms with Crippen molar-refractivity contribution < 1.29 is 8.42 Å². The van der Waals surface area contributed by atoms with Crippen LogP contribution in [0.1, 0.15) is 25.7 Å². The zero-order chi connectivity index (χ0) is 15.5. The summed E-state index contributed by atoms with van der Waals surface area (Å²) < 4.78 is 25.0. The van der Waals surface area contributed by atoms with Crippen LogP contribution in [0.5, 0.6) is 0 Å². The average Bonchev–Trinajstić information content (AvgIpc) is 2.92. The molecular weight excluding hydrogens is 290 g/mol. The van der Waals surface area contributed by atoms with Crippen molar-refractivity contribution in [2.75, 3.05) is 0 Å². The molecule has 21 heavy (non-hydrogen) atoms. The summed E-state index contributed by atoms with van der Waals surface area (Å²) in [6.45, 7) is 0. The van der Waals surface area contributed by atoms with Crippen LogP contribution in [0.2, 0.25) is 0 Å². The molecule has 0 aliphatic heterocycles. The van der Waals surface area contributed by atoms with E-state index in [9.17, 15) is 8.42 Å². The topological polar surface area (TPSA) is 137 Å². The van der Waals surface area contributed by atoms with Gasteiger partial charge in [-0.05, 0) is 31.0 Å². The second kappa shape index (κ2) is 6.13. The van der Waals surface area contributed by atoms with Crippen LogP contribution in [0.25, 0.3) is 0 Å². The highest BCUT2D eigenvalue weighted by Crippen LogP contribution is 2.30. The standard InChI is InChI=1S/C13H19N5O2S/c14-12(15)18-13(16)17-9-4-3-7-11(8-9)21(19,20)10-5-1-2-6-10/h3-4,7-8,10H,1-2,5-6H2,(H6,14,15,16,17,18). The number of guanidine groups is 2. The number of nitrogens with two attached hydrogens (primary N) is 3. The average molecular weight is 309 g/mol. The Labute approximate surface area is 123 Å². The molecular formula is C13H19N5O2S. The summed E-state index contributed by atoms with van der Waals surface area (Å²) in [5, 5.41) is -0.299. The van der Waals surface area contributed by atoms with Crippen molar-refractivity contribution in [3.8, 4) is 0 Å². The highest BCUT2D eigenvalue weighted by Gasteiger charge is 2.30. The Morgan fingerprint density at radius 3 is 2.43 bits per heavy atom. The molecule has 1 aliphatic rings. The van der Waals surface area contributed by atoms with Crippen LogP contribution in [0.4, 0.5) is 5.69 Å². The van der Waals surface area contributed by atoms with Crippen LogP contribution in [0, 0.1) is 0 Å². The first-order valence-electron chi connectivity index (χ1n) is 6.67. The highest BCUT2D eigenvalue weighted by molar-refractivity contribution is 7.92. The molecule has 0 spiro atoms. The van der Waals surface area contributed by atoms with Gasteiger partial charge < -0.3 is 17.2 Å². The van der Waals surface area contributed by atoms with E-state index in [2.05, 4.69) is 9.98 Å². The molecule has 0 heterocycles. The van der Waals surface area contributed by atoms with Gasteiger partial charge in [0.1, 0.15) is 0 Å². The first-order chi connectivity index (χ1) is 9.89. The van der Waals surface area contributed by atoms with Crippen molar-refractivity contribution in [2.24, 2.45) is 27.2 Å². The van der Waals surface area contributed by atoms with Gasteiger partial charge in [0.05, 0.1) is 15.8 Å². The van der Waals surface area contributed by atoms with E-state index in [0.717, 1.165) is 12.8 Å². The molecule has 1 saturated carbocycles. The summed E-state index contributed by atoms with van der Waals surface area (Å²) >= 11 is 0. The third kappa shape index (κ3) is 3.72. The molecule has 1 aromatic carbocycles. The predicted octanol–water partition coefficient (Wildman–Crippen LogP) is 0.623. The minimum absolute atomic E-state index is 0.120. The summed E-state index contributed by atoms with van der Waals surface area (Å²) in [7, 11) is -3.32. The molecule has 114 valence electrons. The van der Waals surface area contributed by atoms with Crippen LogP contribution in [0.3, 0.4) is 0 Å². The quantitative estimate of drug-likeness (QED) is 0.555. The van der Waals surface area contributed by atoms with Gasteiger partial charge in [0, 0.05) is 0 Å². The fourth-order valence-electron chi connectivity index (χ4n) is 2.41. The fourth-order valence-corrected chi connectivity index (χ4v) is 4.30. The zero-order valence-corrected chi connectivity index (χ0v) is 12.4. The van der Waals surface area contributed by atoms with E-state index >= 15 is 0 Å². The maximum atomic E-state index is 12.5. The number of rotatable bonds is 3. The molecule has 1 aromatic rings. The number of hydrogen-bond donors (Lipinski definition) is 3. The van der Waals surface area contributed by atoms with Crippen molar-refractivity contribution in [1.29, 1.82) is 0 Å². The molecule has 2 rings (SSSR count). The van der Waals surface area contributed by atoms with Gasteiger partial charge >= 0.3 is 0 Å². The van der Waals surface area contributed by atoms with Crippen molar-refractivity contribution in [3.05, 3.63) is 24.3 Å². The van der Waals surface area contributed by atoms with Crippen molar-refractivity contribution in [3.63, 3.8) is 0 Å². The van der Waals surface area contributed by atoms with Gasteiger partial charge in [0.15, 0.2) is 15.8 Å². The van der Waals surface area contributed by atoms with E-state index in [1.54, 1.807) is 18.2 Å². The van der Waals surface area contributed by atoms with Gasteiger partial charge in [-0.25, -0.2) is 13.4 Å². The Morgan fingerprint density at radius 2 is 1.81 bits per heavy atom. The number of sulfone groups is 1. The van der Waals surface area contributed by atoms with E-state index in [-0.39, 0.29) is 22.1 Å². The Morgan fingerprint density at radius 1 is 1.14 bits per heavy atom. The van der Waals surface area contributed by atoms with Gasteiger partial charge in [-0.1, -0.05) is 18.9 Å². The second-order valence-corrected chi connectivity index (χ2v) is 7.18. The molecule has 1 aliphatic carbocycles. The number of hydrogen-bond acceptors (Lipinski definition) is 3. The number of aliphatic imine (C=N–C) groups is 2. The minimum atomic E-state index is -3.32. The smallest absolute Gasteiger partial charge is 0.223 e. The lowest BCUT2D eigenvalue weighted by Crippen LogP contribution is -2.26. The van der Waals surface area contributed by atoms with Crippen LogP contribution in [-0.4, -0.2) is 25.6 Å². The lowest BCUT2D eigenvalue weighted by molar-refractivity contribution is 0.579. The van der Waals surface area contributed by atoms with Crippen molar-refractivity contribution in [2.45, 2.75) is 35.8 Å². The lowest BCUT2D eigenvalue weighted by atomic mass is 10.3. The maximum absolute atomic E-state index is 12.5. The molecule has 6 N–H and O–H groups in total. The molecule has 0 atom stereocenters. The number of benzene rings is 1. The third-order valence-corrected chi connectivity index (χ3v) is 5.63. The Hall–Kier alpha value is -2.09. The highest BCUT2D eigenvalue weighted by atomic mass is 32.2. The summed E-state index contributed by atoms with van der Waals surface area (Å²) in [5.41, 5.74) is 16.3. The van der Waals surface area contributed by atoms with Gasteiger partial charge in [-0.15, -0.1) is 0 Å². The molecule has 0 saturated heterocycles. The SMILES string of the molecule is NC(N)=NC(N)=Nc1cccc(S(=O)(=O)C2CCCC2)c1. The van der Waals surface area contributed by atoms with Crippen LogP contribution < -0.4 is 17.2 Å². The largest absolute Gasteiger partial charge is 0.370 e. The molecule has 8 heteroatoms. The van der Waals surface area contributed by atoms with E-state index in [0.29, 0.717) is 18.5 Å². The van der Waals surface area contributed by atoms with E-state index in [1.807, 2.05) is 0 Å². The molecule has 1 fully saturated rings. The summed E-state index contributed by atoms with van der Waals surface area (Å²) in [4.78, 5) is 7.83. The first kappa shape index (κ1) is 15.3. The summed E-state index contributed by atoms with van der Waals surface area (Å²) in [5.74, 6) is -0.323. The van der Waals surface area contributed by atoms with E-state index < -0.39 is 9.84 Å². The van der Waals surface area contributed by atoms with E-state index in [1.165, 1.54) is 6.07 Å². The number of nitrogens with zero attached hydrogens (tertiary/aromatic N) is 2. The predicted molar refractivity (Wildman–Crippen MR) is 83.0 cm³/mol. The molecule has 7 nitrogen and oxygen atoms in total. The molecule has 0 bridgehead atoms. The molecule has 0 amide bonds. The Balaban J connectivity index is 2.32. The summed E-state index contributed by atoms with van der Waals surface area (Å²) in [6, 6.07) is 6.33. The van der Waals surface area contributed by atoms with Gasteiger partial charge in [0.2, 0.25) is 5.96 Å². The van der Waals surface area contributed by atoms with Gasteiger partial charge in [-0.2, -0.15) is 4.99 Å². The van der Waals surface area contributed by atoms with Crippen molar-refractivity contribution >= 4 is 27.4 Å². The zero-order valence-electron chi connectivity index (χ0n) is 11.6. The maximum Gasteiger partial charge on any atom is 0.223 e. The monoisotopic (exact) mass is 309 g/mol. The molecule has 0 unspecified atom stereocenters.